The van der Waals surface area contributed by atoms with Gasteiger partial charge in [-0.05, 0) is 64.4 Å². The summed E-state index contributed by atoms with van der Waals surface area (Å²) in [5, 5.41) is 2.33. The van der Waals surface area contributed by atoms with Crippen molar-refractivity contribution in [2.75, 3.05) is 20.3 Å². The number of carbonyl (C=O) groups is 2. The molecule has 0 unspecified atom stereocenters. The number of thiocarbonyl (C=S) groups is 1. The summed E-state index contributed by atoms with van der Waals surface area (Å²) in [7, 11) is 1.51. The second-order valence-electron chi connectivity index (χ2n) is 5.90. The van der Waals surface area contributed by atoms with E-state index in [1.54, 1.807) is 30.3 Å². The number of halogens is 1. The van der Waals surface area contributed by atoms with Crippen LogP contribution in [0.4, 0.5) is 0 Å². The maximum Gasteiger partial charge on any atom is 0.276 e. The Bertz CT molecular complexity index is 910. The van der Waals surface area contributed by atoms with Crippen LogP contribution >= 0.6 is 28.1 Å². The van der Waals surface area contributed by atoms with Gasteiger partial charge in [-0.3, -0.25) is 25.8 Å². The zero-order chi connectivity index (χ0) is 21.9. The molecule has 160 valence electrons. The van der Waals surface area contributed by atoms with Crippen LogP contribution in [0.25, 0.3) is 0 Å². The molecule has 2 aromatic carbocycles. The first kappa shape index (κ1) is 23.4. The number of aryl methyl sites for hydroxylation is 1. The van der Waals surface area contributed by atoms with E-state index in [1.165, 1.54) is 7.11 Å². The van der Waals surface area contributed by atoms with Gasteiger partial charge in [0.2, 0.25) is 0 Å². The first-order valence-electron chi connectivity index (χ1n) is 8.98. The highest BCUT2D eigenvalue weighted by molar-refractivity contribution is 9.10. The molecule has 2 rings (SSSR count). The van der Waals surface area contributed by atoms with Gasteiger partial charge in [-0.25, -0.2) is 0 Å². The average Bonchev–Trinajstić information content (AvgIpc) is 2.75. The molecule has 0 saturated carbocycles. The molecule has 0 aliphatic carbocycles. The number of rotatable bonds is 8. The number of amides is 2. The predicted octanol–water partition coefficient (Wildman–Crippen LogP) is 2.50. The molecule has 0 aliphatic rings. The van der Waals surface area contributed by atoms with Gasteiger partial charge in [-0.15, -0.1) is 0 Å². The van der Waals surface area contributed by atoms with Crippen molar-refractivity contribution in [3.05, 3.63) is 52.5 Å². The number of hydrogen-bond donors (Lipinski definition) is 3. The summed E-state index contributed by atoms with van der Waals surface area (Å²) in [5.74, 6) is 0.522. The molecule has 0 bridgehead atoms. The molecule has 0 aromatic heterocycles. The van der Waals surface area contributed by atoms with E-state index in [2.05, 4.69) is 32.1 Å². The Morgan fingerprint density at radius 3 is 2.30 bits per heavy atom. The number of carbonyl (C=O) groups excluding carboxylic acids is 2. The zero-order valence-electron chi connectivity index (χ0n) is 16.5. The van der Waals surface area contributed by atoms with Crippen molar-refractivity contribution >= 4 is 45.1 Å². The molecule has 0 fully saturated rings. The molecule has 3 N–H and O–H groups in total. The van der Waals surface area contributed by atoms with E-state index in [0.29, 0.717) is 17.2 Å². The van der Waals surface area contributed by atoms with Gasteiger partial charge in [-0.2, -0.15) is 0 Å². The summed E-state index contributed by atoms with van der Waals surface area (Å²) in [4.78, 5) is 23.8. The molecule has 0 aliphatic heterocycles. The minimum atomic E-state index is -0.492. The summed E-state index contributed by atoms with van der Waals surface area (Å²) >= 11 is 8.38. The van der Waals surface area contributed by atoms with Crippen LogP contribution in [0.1, 0.15) is 12.5 Å². The quantitative estimate of drug-likeness (QED) is 0.382. The standard InChI is InChI=1S/C20H22BrN3O5S/c1-3-13-8-9-15(14(21)10-13)28-11-18(25)22-20(30)24-23-19(26)12-29-17-7-5-4-6-16(17)27-2/h4-10H,3,11-12H2,1-2H3,(H,23,26)(H2,22,24,25,30). The fourth-order valence-corrected chi connectivity index (χ4v) is 2.97. The number of ether oxygens (including phenoxy) is 3. The van der Waals surface area contributed by atoms with E-state index in [9.17, 15) is 9.59 Å². The SMILES string of the molecule is CCc1ccc(OCC(=O)NC(=S)NNC(=O)COc2ccccc2OC)c(Br)c1. The van der Waals surface area contributed by atoms with Gasteiger partial charge in [0.25, 0.3) is 11.8 Å². The van der Waals surface area contributed by atoms with Crippen LogP contribution < -0.4 is 30.4 Å². The second kappa shape index (κ2) is 12.0. The van der Waals surface area contributed by atoms with Gasteiger partial charge >= 0.3 is 0 Å². The molecule has 30 heavy (non-hydrogen) atoms. The lowest BCUT2D eigenvalue weighted by Gasteiger charge is -2.13. The average molecular weight is 496 g/mol. The highest BCUT2D eigenvalue weighted by Crippen LogP contribution is 2.26. The molecule has 8 nitrogen and oxygen atoms in total. The second-order valence-corrected chi connectivity index (χ2v) is 7.16. The lowest BCUT2D eigenvalue weighted by Crippen LogP contribution is -2.50. The molecular formula is C20H22BrN3O5S. The molecule has 0 saturated heterocycles. The lowest BCUT2D eigenvalue weighted by atomic mass is 10.2. The van der Waals surface area contributed by atoms with Crippen molar-refractivity contribution in [1.29, 1.82) is 0 Å². The first-order valence-corrected chi connectivity index (χ1v) is 10.2. The maximum atomic E-state index is 12.0. The number of methoxy groups -OCH3 is 1. The maximum absolute atomic E-state index is 12.0. The van der Waals surface area contributed by atoms with E-state index in [4.69, 9.17) is 26.4 Å². The normalized spacial score (nSPS) is 9.97. The van der Waals surface area contributed by atoms with Crippen molar-refractivity contribution in [2.45, 2.75) is 13.3 Å². The molecule has 0 atom stereocenters. The Morgan fingerprint density at radius 2 is 1.63 bits per heavy atom. The topological polar surface area (TPSA) is 97.9 Å². The molecular weight excluding hydrogens is 474 g/mol. The molecule has 2 amide bonds. The van der Waals surface area contributed by atoms with Crippen LogP contribution in [-0.4, -0.2) is 37.3 Å². The van der Waals surface area contributed by atoms with Gasteiger partial charge in [0, 0.05) is 0 Å². The van der Waals surface area contributed by atoms with Gasteiger partial charge < -0.3 is 14.2 Å². The van der Waals surface area contributed by atoms with Crippen molar-refractivity contribution in [1.82, 2.24) is 16.2 Å². The highest BCUT2D eigenvalue weighted by Gasteiger charge is 2.10. The monoisotopic (exact) mass is 495 g/mol. The summed E-state index contributed by atoms with van der Waals surface area (Å²) < 4.78 is 16.8. The summed E-state index contributed by atoms with van der Waals surface area (Å²) in [6, 6.07) is 12.6. The fraction of sp³-hybridized carbons (Fsp3) is 0.250. The smallest absolute Gasteiger partial charge is 0.276 e. The molecule has 10 heteroatoms. The van der Waals surface area contributed by atoms with Crippen molar-refractivity contribution in [3.8, 4) is 17.2 Å². The third-order valence-electron chi connectivity index (χ3n) is 3.76. The highest BCUT2D eigenvalue weighted by atomic mass is 79.9. The third kappa shape index (κ3) is 7.53. The largest absolute Gasteiger partial charge is 0.493 e. The Kier molecular flexibility index (Phi) is 9.36. The van der Waals surface area contributed by atoms with Crippen molar-refractivity contribution in [2.24, 2.45) is 0 Å². The minimum Gasteiger partial charge on any atom is -0.493 e. The fourth-order valence-electron chi connectivity index (χ4n) is 2.26. The van der Waals surface area contributed by atoms with Crippen LogP contribution in [0, 0.1) is 0 Å². The number of hydrogen-bond acceptors (Lipinski definition) is 6. The first-order chi connectivity index (χ1) is 14.4. The molecule has 0 radical (unpaired) electrons. The van der Waals surface area contributed by atoms with E-state index in [1.807, 2.05) is 19.1 Å². The Morgan fingerprint density at radius 1 is 0.967 bits per heavy atom. The number of hydrazine groups is 1. The summed E-state index contributed by atoms with van der Waals surface area (Å²) in [6.07, 6.45) is 0.898. The molecule has 0 heterocycles. The predicted molar refractivity (Wildman–Crippen MR) is 120 cm³/mol. The minimum absolute atomic E-state index is 0.0744. The Hall–Kier alpha value is -2.85. The van der Waals surface area contributed by atoms with Crippen molar-refractivity contribution < 1.29 is 23.8 Å². The van der Waals surface area contributed by atoms with E-state index >= 15 is 0 Å². The van der Waals surface area contributed by atoms with E-state index in [0.717, 1.165) is 16.5 Å². The third-order valence-corrected chi connectivity index (χ3v) is 4.58. The van der Waals surface area contributed by atoms with Gasteiger partial charge in [0.05, 0.1) is 11.6 Å². The van der Waals surface area contributed by atoms with Crippen LogP contribution in [0.3, 0.4) is 0 Å². The van der Waals surface area contributed by atoms with Crippen LogP contribution in [0.5, 0.6) is 17.2 Å². The van der Waals surface area contributed by atoms with Crippen LogP contribution in [-0.2, 0) is 16.0 Å². The lowest BCUT2D eigenvalue weighted by molar-refractivity contribution is -0.124. The van der Waals surface area contributed by atoms with E-state index < -0.39 is 11.8 Å². The van der Waals surface area contributed by atoms with Gasteiger partial charge in [0.15, 0.2) is 29.8 Å². The number of nitrogens with one attached hydrogen (secondary N) is 3. The summed E-state index contributed by atoms with van der Waals surface area (Å²) in [6.45, 7) is 1.54. The molecule has 0 spiro atoms. The van der Waals surface area contributed by atoms with Crippen LogP contribution in [0.15, 0.2) is 46.9 Å². The molecule has 2 aromatic rings. The number of para-hydroxylation sites is 2. The van der Waals surface area contributed by atoms with Crippen molar-refractivity contribution in [3.63, 3.8) is 0 Å². The van der Waals surface area contributed by atoms with Gasteiger partial charge in [0.1, 0.15) is 5.75 Å². The summed E-state index contributed by atoms with van der Waals surface area (Å²) in [5.41, 5.74) is 5.91. The van der Waals surface area contributed by atoms with Gasteiger partial charge in [-0.1, -0.05) is 25.1 Å². The Labute approximate surface area is 188 Å². The Balaban J connectivity index is 1.69. The zero-order valence-corrected chi connectivity index (χ0v) is 18.9. The van der Waals surface area contributed by atoms with Crippen LogP contribution in [0.2, 0.25) is 0 Å². The van der Waals surface area contributed by atoms with E-state index in [-0.39, 0.29) is 18.3 Å². The number of benzene rings is 2.